The van der Waals surface area contributed by atoms with Gasteiger partial charge in [-0.1, -0.05) is 17.7 Å². The van der Waals surface area contributed by atoms with Crippen LogP contribution in [-0.4, -0.2) is 22.0 Å². The standard InChI is InChI=1S/C14H11ClN2O3/c1-8-9(4-2-5-10(8)15)13(18)17-11-6-3-7-16-12(11)14(19)20/h2-7H,1H3,(H,17,18)(H,19,20). The number of hydrogen-bond donors (Lipinski definition) is 2. The molecule has 0 aliphatic rings. The Bertz CT molecular complexity index is 686. The Morgan fingerprint density at radius 2 is 2.00 bits per heavy atom. The summed E-state index contributed by atoms with van der Waals surface area (Å²) in [6.07, 6.45) is 1.35. The fraction of sp³-hybridized carbons (Fsp3) is 0.0714. The fourth-order valence-corrected chi connectivity index (χ4v) is 1.89. The quantitative estimate of drug-likeness (QED) is 0.911. The summed E-state index contributed by atoms with van der Waals surface area (Å²) in [6.45, 7) is 1.72. The minimum absolute atomic E-state index is 0.143. The van der Waals surface area contributed by atoms with Crippen LogP contribution >= 0.6 is 11.6 Å². The van der Waals surface area contributed by atoms with Gasteiger partial charge in [0.15, 0.2) is 5.69 Å². The van der Waals surface area contributed by atoms with Crippen molar-refractivity contribution in [1.82, 2.24) is 4.98 Å². The first-order valence-electron chi connectivity index (χ1n) is 5.75. The van der Waals surface area contributed by atoms with E-state index in [0.717, 1.165) is 0 Å². The highest BCUT2D eigenvalue weighted by Crippen LogP contribution is 2.20. The van der Waals surface area contributed by atoms with Gasteiger partial charge in [-0.25, -0.2) is 9.78 Å². The molecule has 1 heterocycles. The first-order chi connectivity index (χ1) is 9.50. The second-order valence-electron chi connectivity index (χ2n) is 4.07. The first-order valence-corrected chi connectivity index (χ1v) is 6.13. The van der Waals surface area contributed by atoms with Gasteiger partial charge in [-0.3, -0.25) is 4.79 Å². The average molecular weight is 291 g/mol. The fourth-order valence-electron chi connectivity index (χ4n) is 1.72. The Morgan fingerprint density at radius 3 is 2.70 bits per heavy atom. The number of benzene rings is 1. The molecule has 0 atom stereocenters. The van der Waals surface area contributed by atoms with E-state index < -0.39 is 11.9 Å². The predicted octanol–water partition coefficient (Wildman–Crippen LogP) is 2.99. The number of halogens is 1. The number of aromatic carboxylic acids is 1. The minimum atomic E-state index is -1.20. The van der Waals surface area contributed by atoms with Crippen molar-refractivity contribution in [1.29, 1.82) is 0 Å². The highest BCUT2D eigenvalue weighted by Gasteiger charge is 2.16. The van der Waals surface area contributed by atoms with Crippen LogP contribution < -0.4 is 5.32 Å². The number of aromatic nitrogens is 1. The molecule has 2 aromatic rings. The van der Waals surface area contributed by atoms with Crippen molar-refractivity contribution < 1.29 is 14.7 Å². The van der Waals surface area contributed by atoms with E-state index in [1.54, 1.807) is 31.2 Å². The summed E-state index contributed by atoms with van der Waals surface area (Å²) in [5.41, 5.74) is 0.954. The molecular formula is C14H11ClN2O3. The molecule has 102 valence electrons. The molecule has 0 aliphatic heterocycles. The lowest BCUT2D eigenvalue weighted by molar-refractivity contribution is 0.0692. The molecule has 2 N–H and O–H groups in total. The number of carbonyl (C=O) groups is 2. The first kappa shape index (κ1) is 14.0. The van der Waals surface area contributed by atoms with Gasteiger partial charge in [0.25, 0.3) is 5.91 Å². The third-order valence-electron chi connectivity index (χ3n) is 2.77. The lowest BCUT2D eigenvalue weighted by atomic mass is 10.1. The number of carboxylic acid groups (broad SMARTS) is 1. The van der Waals surface area contributed by atoms with Crippen LogP contribution in [0.3, 0.4) is 0 Å². The van der Waals surface area contributed by atoms with E-state index in [1.807, 2.05) is 0 Å². The van der Waals surface area contributed by atoms with Crippen LogP contribution in [0.15, 0.2) is 36.5 Å². The largest absolute Gasteiger partial charge is 0.476 e. The summed E-state index contributed by atoms with van der Waals surface area (Å²) >= 11 is 5.96. The van der Waals surface area contributed by atoms with Crippen molar-refractivity contribution in [2.45, 2.75) is 6.92 Å². The van der Waals surface area contributed by atoms with Crippen LogP contribution in [0.1, 0.15) is 26.4 Å². The van der Waals surface area contributed by atoms with E-state index >= 15 is 0 Å². The van der Waals surface area contributed by atoms with Gasteiger partial charge in [-0.15, -0.1) is 0 Å². The zero-order chi connectivity index (χ0) is 14.7. The SMILES string of the molecule is Cc1c(Cl)cccc1C(=O)Nc1cccnc1C(=O)O. The van der Waals surface area contributed by atoms with Crippen molar-refractivity contribution in [3.05, 3.63) is 58.4 Å². The van der Waals surface area contributed by atoms with E-state index in [2.05, 4.69) is 10.3 Å². The van der Waals surface area contributed by atoms with Crippen LogP contribution in [0.4, 0.5) is 5.69 Å². The van der Waals surface area contributed by atoms with E-state index in [-0.39, 0.29) is 11.4 Å². The number of carboxylic acids is 1. The van der Waals surface area contributed by atoms with Crippen LogP contribution in [0.25, 0.3) is 0 Å². The minimum Gasteiger partial charge on any atom is -0.476 e. The van der Waals surface area contributed by atoms with Gasteiger partial charge in [-0.2, -0.15) is 0 Å². The molecule has 1 aromatic heterocycles. The topological polar surface area (TPSA) is 79.3 Å². The van der Waals surface area contributed by atoms with Gasteiger partial charge in [0.1, 0.15) is 0 Å². The van der Waals surface area contributed by atoms with Crippen molar-refractivity contribution in [2.75, 3.05) is 5.32 Å². The predicted molar refractivity (Wildman–Crippen MR) is 75.3 cm³/mol. The maximum absolute atomic E-state index is 12.2. The summed E-state index contributed by atoms with van der Waals surface area (Å²) in [7, 11) is 0. The van der Waals surface area contributed by atoms with Gasteiger partial charge in [-0.05, 0) is 36.8 Å². The number of nitrogens with one attached hydrogen (secondary N) is 1. The number of nitrogens with zero attached hydrogens (tertiary/aromatic N) is 1. The molecule has 0 unspecified atom stereocenters. The summed E-state index contributed by atoms with van der Waals surface area (Å²) in [6, 6.07) is 7.99. The number of hydrogen-bond acceptors (Lipinski definition) is 3. The Labute approximate surface area is 120 Å². The summed E-state index contributed by atoms with van der Waals surface area (Å²) in [5.74, 6) is -1.63. The van der Waals surface area contributed by atoms with Crippen LogP contribution in [0.2, 0.25) is 5.02 Å². The number of anilines is 1. The molecule has 6 heteroatoms. The summed E-state index contributed by atoms with van der Waals surface area (Å²) in [4.78, 5) is 26.9. The molecule has 0 bridgehead atoms. The van der Waals surface area contributed by atoms with Crippen molar-refractivity contribution >= 4 is 29.2 Å². The Kier molecular flexibility index (Phi) is 4.00. The molecular weight excluding hydrogens is 280 g/mol. The van der Waals surface area contributed by atoms with E-state index in [1.165, 1.54) is 12.3 Å². The van der Waals surface area contributed by atoms with Gasteiger partial charge in [0, 0.05) is 16.8 Å². The molecule has 0 fully saturated rings. The lowest BCUT2D eigenvalue weighted by Gasteiger charge is -2.10. The highest BCUT2D eigenvalue weighted by molar-refractivity contribution is 6.32. The zero-order valence-corrected chi connectivity index (χ0v) is 11.3. The summed E-state index contributed by atoms with van der Waals surface area (Å²) < 4.78 is 0. The average Bonchev–Trinajstić information content (AvgIpc) is 2.42. The van der Waals surface area contributed by atoms with Crippen LogP contribution in [0.5, 0.6) is 0 Å². The molecule has 0 saturated carbocycles. The van der Waals surface area contributed by atoms with E-state index in [4.69, 9.17) is 16.7 Å². The van der Waals surface area contributed by atoms with E-state index in [0.29, 0.717) is 16.1 Å². The van der Waals surface area contributed by atoms with Crippen LogP contribution in [-0.2, 0) is 0 Å². The second kappa shape index (κ2) is 5.71. The Morgan fingerprint density at radius 1 is 1.25 bits per heavy atom. The third kappa shape index (κ3) is 2.78. The van der Waals surface area contributed by atoms with Gasteiger partial charge in [0.05, 0.1) is 5.69 Å². The maximum Gasteiger partial charge on any atom is 0.356 e. The van der Waals surface area contributed by atoms with Crippen molar-refractivity contribution in [3.8, 4) is 0 Å². The Hall–Kier alpha value is -2.40. The number of carbonyl (C=O) groups excluding carboxylic acids is 1. The van der Waals surface area contributed by atoms with E-state index in [9.17, 15) is 9.59 Å². The summed E-state index contributed by atoms with van der Waals surface area (Å²) in [5, 5.41) is 12.0. The number of pyridine rings is 1. The van der Waals surface area contributed by atoms with Crippen molar-refractivity contribution in [3.63, 3.8) is 0 Å². The molecule has 20 heavy (non-hydrogen) atoms. The Balaban J connectivity index is 2.33. The number of amides is 1. The lowest BCUT2D eigenvalue weighted by Crippen LogP contribution is -2.16. The molecule has 0 spiro atoms. The molecule has 0 saturated heterocycles. The maximum atomic E-state index is 12.2. The second-order valence-corrected chi connectivity index (χ2v) is 4.48. The van der Waals surface area contributed by atoms with Gasteiger partial charge >= 0.3 is 5.97 Å². The van der Waals surface area contributed by atoms with Gasteiger partial charge < -0.3 is 10.4 Å². The molecule has 1 amide bonds. The van der Waals surface area contributed by atoms with Crippen LogP contribution in [0, 0.1) is 6.92 Å². The van der Waals surface area contributed by atoms with Crippen molar-refractivity contribution in [2.24, 2.45) is 0 Å². The smallest absolute Gasteiger partial charge is 0.356 e. The molecule has 2 rings (SSSR count). The monoisotopic (exact) mass is 290 g/mol. The highest BCUT2D eigenvalue weighted by atomic mass is 35.5. The van der Waals surface area contributed by atoms with Gasteiger partial charge in [0.2, 0.25) is 0 Å². The zero-order valence-electron chi connectivity index (χ0n) is 10.6. The normalized spacial score (nSPS) is 10.1. The molecule has 5 nitrogen and oxygen atoms in total. The number of rotatable bonds is 3. The molecule has 1 aromatic carbocycles. The third-order valence-corrected chi connectivity index (χ3v) is 3.18. The molecule has 0 aliphatic carbocycles. The molecule has 0 radical (unpaired) electrons.